The Morgan fingerprint density at radius 1 is 0.186 bits per heavy atom. The van der Waals surface area contributed by atoms with Crippen molar-refractivity contribution in [3.05, 3.63) is 349 Å². The highest BCUT2D eigenvalue weighted by molar-refractivity contribution is 6.23. The van der Waals surface area contributed by atoms with Crippen LogP contribution in [-0.4, -0.2) is 0 Å². The van der Waals surface area contributed by atoms with Gasteiger partial charge in [-0.3, -0.25) is 0 Å². The normalized spacial score (nSPS) is 12.8. The summed E-state index contributed by atoms with van der Waals surface area (Å²) in [6, 6.07) is 112. The monoisotopic (exact) mass is 1090 g/mol. The maximum Gasteiger partial charge on any atom is -0.00262 e. The molecule has 0 bridgehead atoms. The molecule has 17 rings (SSSR count). The van der Waals surface area contributed by atoms with Crippen LogP contribution >= 0.6 is 0 Å². The molecule has 0 saturated carbocycles. The van der Waals surface area contributed by atoms with Crippen molar-refractivity contribution < 1.29 is 0 Å². The van der Waals surface area contributed by atoms with Crippen LogP contribution in [0.25, 0.3) is 131 Å². The van der Waals surface area contributed by atoms with Crippen LogP contribution in [0, 0.1) is 0 Å². The maximum absolute atomic E-state index is 2.41. The third-order valence-electron chi connectivity index (χ3n) is 18.2. The van der Waals surface area contributed by atoms with Gasteiger partial charge in [0, 0.05) is 0 Å². The molecule has 0 aromatic heterocycles. The average molecular weight is 1090 g/mol. The lowest BCUT2D eigenvalue weighted by molar-refractivity contribution is 0.978. The van der Waals surface area contributed by atoms with Crippen LogP contribution in [0.2, 0.25) is 0 Å². The molecule has 2 aliphatic carbocycles. The number of allylic oxidation sites excluding steroid dienone is 2. The van der Waals surface area contributed by atoms with E-state index in [2.05, 4.69) is 315 Å². The molecular weight excluding hydrogens is 1030 g/mol. The van der Waals surface area contributed by atoms with Gasteiger partial charge in [-0.05, 0) is 209 Å². The smallest absolute Gasteiger partial charge is 0.00262 e. The highest BCUT2D eigenvalue weighted by Crippen LogP contribution is 2.47. The van der Waals surface area contributed by atoms with E-state index in [1.807, 2.05) is 0 Å². The summed E-state index contributed by atoms with van der Waals surface area (Å²) in [6.07, 6.45) is 9.26. The van der Waals surface area contributed by atoms with Crippen molar-refractivity contribution in [3.63, 3.8) is 0 Å². The van der Waals surface area contributed by atoms with Crippen molar-refractivity contribution in [2.45, 2.75) is 25.7 Å². The summed E-state index contributed by atoms with van der Waals surface area (Å²) in [4.78, 5) is 0. The maximum atomic E-state index is 2.41. The summed E-state index contributed by atoms with van der Waals surface area (Å²) >= 11 is 0. The van der Waals surface area contributed by atoms with Crippen LogP contribution in [0.15, 0.2) is 315 Å². The molecule has 0 unspecified atom stereocenters. The van der Waals surface area contributed by atoms with Gasteiger partial charge in [0.1, 0.15) is 0 Å². The molecule has 0 N–H and O–H groups in total. The summed E-state index contributed by atoms with van der Waals surface area (Å²) in [5, 5.41) is 15.4. The Bertz CT molecular complexity index is 5080. The minimum Gasteiger partial charge on any atom is -0.0757 e. The van der Waals surface area contributed by atoms with Crippen LogP contribution in [0.1, 0.15) is 46.2 Å². The van der Waals surface area contributed by atoms with Gasteiger partial charge in [0.2, 0.25) is 0 Å². The molecule has 0 nitrogen and oxygen atoms in total. The quantitative estimate of drug-likeness (QED) is 0.140. The van der Waals surface area contributed by atoms with Crippen LogP contribution in [0.3, 0.4) is 0 Å². The van der Waals surface area contributed by atoms with E-state index < -0.39 is 0 Å². The van der Waals surface area contributed by atoms with E-state index in [0.717, 1.165) is 25.7 Å². The second-order valence-electron chi connectivity index (χ2n) is 23.2. The van der Waals surface area contributed by atoms with Crippen molar-refractivity contribution in [2.75, 3.05) is 0 Å². The fourth-order valence-corrected chi connectivity index (χ4v) is 14.2. The number of benzene rings is 15. The Morgan fingerprint density at radius 2 is 0.488 bits per heavy atom. The minimum atomic E-state index is 1.10. The van der Waals surface area contributed by atoms with Gasteiger partial charge in [0.25, 0.3) is 0 Å². The van der Waals surface area contributed by atoms with E-state index >= 15 is 0 Å². The predicted octanol–water partition coefficient (Wildman–Crippen LogP) is 23.4. The van der Waals surface area contributed by atoms with Gasteiger partial charge >= 0.3 is 0 Å². The molecular formula is C86H60. The molecule has 0 spiro atoms. The number of aryl methyl sites for hydroxylation is 2. The molecule has 0 radical (unpaired) electrons. The Kier molecular flexibility index (Phi) is 12.9. The molecule has 0 saturated heterocycles. The fourth-order valence-electron chi connectivity index (χ4n) is 14.2. The SMILES string of the molecule is C1=C(c2ccc(-c3c4ccccc4c(-c4ccccc4)c4ccccc34)cc2)c2ccccc2CC1.C1=C(c2ccc3cc(-c4ccc(-c5c6ccccc6c(-c6ccc7ccccc7c6)c6ccccc56)cc4)ccc3c2)c2ccccc2CC1. The Hall–Kier alpha value is -10.7. The standard InChI is InChI=1S/C50H34.C36H26/c1-2-12-37-32-42(29-22-33(37)10-1)50-47-17-7-5-15-45(47)49(46-16-6-8-18-48(46)50)36-23-20-34(21-24-36)38-25-26-40-31-41(28-27-39(40)30-38)44-19-9-13-35-11-3-4-14-43(35)44;1-2-12-27(13-3-1)35-31-16-6-8-18-33(31)36(34-19-9-7-17-32(34)35)28-23-21-26(22-24-28)30-20-10-14-25-11-4-5-15-29(25)30/h1-8,10-12,14-32H,9,13H2;1-9,11-13,15-24H,10,14H2. The summed E-state index contributed by atoms with van der Waals surface area (Å²) in [5.41, 5.74) is 23.6. The minimum absolute atomic E-state index is 1.10. The van der Waals surface area contributed by atoms with Crippen molar-refractivity contribution in [2.24, 2.45) is 0 Å². The highest BCUT2D eigenvalue weighted by Gasteiger charge is 2.21. The molecule has 404 valence electrons. The second-order valence-corrected chi connectivity index (χ2v) is 23.2. The lowest BCUT2D eigenvalue weighted by Crippen LogP contribution is -2.00. The lowest BCUT2D eigenvalue weighted by Gasteiger charge is -2.19. The molecule has 0 atom stereocenters. The van der Waals surface area contributed by atoms with Crippen LogP contribution in [-0.2, 0) is 12.8 Å². The third-order valence-corrected chi connectivity index (χ3v) is 18.2. The fraction of sp³-hybridized carbons (Fsp3) is 0.0465. The molecule has 86 heavy (non-hydrogen) atoms. The summed E-state index contributed by atoms with van der Waals surface area (Å²) < 4.78 is 0. The molecule has 0 amide bonds. The van der Waals surface area contributed by atoms with E-state index in [0.29, 0.717) is 0 Å². The van der Waals surface area contributed by atoms with Crippen molar-refractivity contribution in [1.29, 1.82) is 0 Å². The molecule has 0 heterocycles. The number of fused-ring (bicyclic) bond motifs is 8. The largest absolute Gasteiger partial charge is 0.0757 e. The summed E-state index contributed by atoms with van der Waals surface area (Å²) in [7, 11) is 0. The zero-order valence-corrected chi connectivity index (χ0v) is 47.9. The zero-order valence-electron chi connectivity index (χ0n) is 47.9. The molecule has 0 heteroatoms. The highest BCUT2D eigenvalue weighted by atomic mass is 14.2. The van der Waals surface area contributed by atoms with Gasteiger partial charge in [-0.25, -0.2) is 0 Å². The molecule has 0 fully saturated rings. The lowest BCUT2D eigenvalue weighted by atomic mass is 9.84. The topological polar surface area (TPSA) is 0 Å². The van der Waals surface area contributed by atoms with E-state index in [1.54, 1.807) is 0 Å². The zero-order chi connectivity index (χ0) is 56.9. The third kappa shape index (κ3) is 9.10. The first-order valence-corrected chi connectivity index (χ1v) is 30.4. The van der Waals surface area contributed by atoms with Crippen molar-refractivity contribution in [3.8, 4) is 55.6 Å². The summed E-state index contributed by atoms with van der Waals surface area (Å²) in [6.45, 7) is 0. The predicted molar refractivity (Wildman–Crippen MR) is 369 cm³/mol. The molecule has 2 aliphatic rings. The second kappa shape index (κ2) is 21.8. The Labute approximate surface area is 503 Å². The van der Waals surface area contributed by atoms with Crippen molar-refractivity contribution in [1.82, 2.24) is 0 Å². The Morgan fingerprint density at radius 3 is 0.988 bits per heavy atom. The molecule has 15 aromatic carbocycles. The van der Waals surface area contributed by atoms with E-state index in [1.165, 1.54) is 165 Å². The van der Waals surface area contributed by atoms with Gasteiger partial charge in [-0.1, -0.05) is 297 Å². The van der Waals surface area contributed by atoms with E-state index in [-0.39, 0.29) is 0 Å². The number of hydrogen-bond donors (Lipinski definition) is 0. The van der Waals surface area contributed by atoms with Gasteiger partial charge in [-0.2, -0.15) is 0 Å². The van der Waals surface area contributed by atoms with Crippen LogP contribution < -0.4 is 0 Å². The first kappa shape index (κ1) is 51.0. The van der Waals surface area contributed by atoms with Gasteiger partial charge in [0.05, 0.1) is 0 Å². The Balaban J connectivity index is 0.000000147. The van der Waals surface area contributed by atoms with Gasteiger partial charge < -0.3 is 0 Å². The number of rotatable bonds is 7. The van der Waals surface area contributed by atoms with Crippen LogP contribution in [0.4, 0.5) is 0 Å². The molecule has 15 aromatic rings. The number of hydrogen-bond acceptors (Lipinski definition) is 0. The van der Waals surface area contributed by atoms with E-state index in [4.69, 9.17) is 0 Å². The average Bonchev–Trinajstić information content (AvgIpc) is 1.66. The van der Waals surface area contributed by atoms with Gasteiger partial charge in [-0.15, -0.1) is 0 Å². The first-order chi connectivity index (χ1) is 42.7. The van der Waals surface area contributed by atoms with E-state index in [9.17, 15) is 0 Å². The summed E-state index contributed by atoms with van der Waals surface area (Å²) in [5.74, 6) is 0. The van der Waals surface area contributed by atoms with Crippen molar-refractivity contribution >= 4 is 75.8 Å². The van der Waals surface area contributed by atoms with Crippen LogP contribution in [0.5, 0.6) is 0 Å². The first-order valence-electron chi connectivity index (χ1n) is 30.4. The molecule has 0 aliphatic heterocycles. The van der Waals surface area contributed by atoms with Gasteiger partial charge in [0.15, 0.2) is 0 Å².